The third-order valence-electron chi connectivity index (χ3n) is 5.64. The van der Waals surface area contributed by atoms with Crippen LogP contribution in [0.3, 0.4) is 0 Å². The Hall–Kier alpha value is -1.59. The lowest BCUT2D eigenvalue weighted by atomic mass is 9.54. The van der Waals surface area contributed by atoms with Crippen molar-refractivity contribution in [3.63, 3.8) is 0 Å². The highest BCUT2D eigenvalue weighted by molar-refractivity contribution is 6.03. The molecule has 0 bridgehead atoms. The molecule has 0 spiro atoms. The van der Waals surface area contributed by atoms with Gasteiger partial charge in [0.15, 0.2) is 0 Å². The zero-order valence-corrected chi connectivity index (χ0v) is 14.4. The highest BCUT2D eigenvalue weighted by Gasteiger charge is 2.64. The second-order valence-corrected chi connectivity index (χ2v) is 7.04. The number of hydrogen-bond donors (Lipinski definition) is 1. The van der Waals surface area contributed by atoms with E-state index in [0.717, 1.165) is 23.4 Å². The summed E-state index contributed by atoms with van der Waals surface area (Å²) in [6.07, 6.45) is 1.46. The number of methoxy groups -OCH3 is 1. The Balaban J connectivity index is 1.84. The van der Waals surface area contributed by atoms with Crippen molar-refractivity contribution in [1.82, 2.24) is 0 Å². The second kappa shape index (κ2) is 5.49. The molecule has 1 aromatic carbocycles. The molecular formula is C18H26N2O3. The Kier molecular flexibility index (Phi) is 3.89. The molecule has 1 aliphatic carbocycles. The molecule has 126 valence electrons. The lowest BCUT2D eigenvalue weighted by Crippen LogP contribution is -2.76. The molecule has 5 nitrogen and oxygen atoms in total. The van der Waals surface area contributed by atoms with Crippen molar-refractivity contribution in [2.24, 2.45) is 11.1 Å². The minimum atomic E-state index is -0.867. The van der Waals surface area contributed by atoms with Gasteiger partial charge in [-0.05, 0) is 37.1 Å². The van der Waals surface area contributed by atoms with Crippen molar-refractivity contribution < 1.29 is 14.3 Å². The van der Waals surface area contributed by atoms with Crippen LogP contribution in [-0.2, 0) is 16.0 Å². The molecule has 2 unspecified atom stereocenters. The predicted octanol–water partition coefficient (Wildman–Crippen LogP) is 2.12. The summed E-state index contributed by atoms with van der Waals surface area (Å²) in [5.74, 6) is 0.822. The Morgan fingerprint density at radius 3 is 2.78 bits per heavy atom. The Bertz CT molecular complexity index is 629. The van der Waals surface area contributed by atoms with Crippen LogP contribution in [0.4, 0.5) is 5.69 Å². The maximum absolute atomic E-state index is 13.1. The van der Waals surface area contributed by atoms with Crippen molar-refractivity contribution in [3.05, 3.63) is 23.8 Å². The van der Waals surface area contributed by atoms with Gasteiger partial charge in [-0.2, -0.15) is 0 Å². The van der Waals surface area contributed by atoms with Crippen LogP contribution in [0.25, 0.3) is 0 Å². The van der Waals surface area contributed by atoms with Gasteiger partial charge in [-0.1, -0.05) is 13.8 Å². The van der Waals surface area contributed by atoms with Crippen LogP contribution < -0.4 is 15.4 Å². The number of benzene rings is 1. The second-order valence-electron chi connectivity index (χ2n) is 7.04. The first-order valence-electron chi connectivity index (χ1n) is 8.24. The maximum atomic E-state index is 13.1. The first kappa shape index (κ1) is 16.3. The number of amides is 1. The first-order valence-corrected chi connectivity index (χ1v) is 8.24. The van der Waals surface area contributed by atoms with Gasteiger partial charge in [0.25, 0.3) is 0 Å². The lowest BCUT2D eigenvalue weighted by Gasteiger charge is -2.58. The molecule has 2 aliphatic rings. The number of ether oxygens (including phenoxy) is 2. The number of rotatable bonds is 4. The molecule has 1 amide bonds. The average Bonchev–Trinajstić information content (AvgIpc) is 2.96. The number of anilines is 1. The Morgan fingerprint density at radius 2 is 2.17 bits per heavy atom. The molecule has 3 rings (SSSR count). The molecule has 2 atom stereocenters. The number of carbonyl (C=O) groups excluding carboxylic acids is 1. The smallest absolute Gasteiger partial charge is 0.247 e. The van der Waals surface area contributed by atoms with Crippen molar-refractivity contribution >= 4 is 11.6 Å². The van der Waals surface area contributed by atoms with Gasteiger partial charge in [-0.15, -0.1) is 0 Å². The van der Waals surface area contributed by atoms with Gasteiger partial charge in [-0.25, -0.2) is 0 Å². The van der Waals surface area contributed by atoms with Crippen molar-refractivity contribution in [2.45, 2.75) is 45.3 Å². The minimum absolute atomic E-state index is 0.00219. The Morgan fingerprint density at radius 1 is 1.43 bits per heavy atom. The minimum Gasteiger partial charge on any atom is -0.497 e. The zero-order valence-electron chi connectivity index (χ0n) is 14.4. The molecule has 1 saturated carbocycles. The summed E-state index contributed by atoms with van der Waals surface area (Å²) < 4.78 is 11.0. The van der Waals surface area contributed by atoms with Gasteiger partial charge in [0.2, 0.25) is 5.91 Å². The molecule has 2 N–H and O–H groups in total. The van der Waals surface area contributed by atoms with E-state index >= 15 is 0 Å². The SMILES string of the molecule is CCOC1CC(N)(C(=O)N2CCc3cc(OC)ccc32)C1(C)C. The van der Waals surface area contributed by atoms with Gasteiger partial charge in [0.05, 0.1) is 13.2 Å². The Labute approximate surface area is 137 Å². The summed E-state index contributed by atoms with van der Waals surface area (Å²) in [6, 6.07) is 5.84. The monoisotopic (exact) mass is 318 g/mol. The number of nitrogens with zero attached hydrogens (tertiary/aromatic N) is 1. The molecule has 1 aromatic rings. The van der Waals surface area contributed by atoms with Crippen LogP contribution >= 0.6 is 0 Å². The van der Waals surface area contributed by atoms with Gasteiger partial charge in [-0.3, -0.25) is 4.79 Å². The van der Waals surface area contributed by atoms with E-state index in [4.69, 9.17) is 15.2 Å². The summed E-state index contributed by atoms with van der Waals surface area (Å²) in [5.41, 5.74) is 7.40. The third-order valence-corrected chi connectivity index (χ3v) is 5.64. The highest BCUT2D eigenvalue weighted by atomic mass is 16.5. The summed E-state index contributed by atoms with van der Waals surface area (Å²) in [6.45, 7) is 7.35. The van der Waals surface area contributed by atoms with E-state index in [1.807, 2.05) is 43.9 Å². The van der Waals surface area contributed by atoms with Crippen molar-refractivity contribution in [3.8, 4) is 5.75 Å². The summed E-state index contributed by atoms with van der Waals surface area (Å²) >= 11 is 0. The van der Waals surface area contributed by atoms with E-state index in [1.165, 1.54) is 0 Å². The molecule has 23 heavy (non-hydrogen) atoms. The average molecular weight is 318 g/mol. The number of carbonyl (C=O) groups is 1. The van der Waals surface area contributed by atoms with E-state index in [-0.39, 0.29) is 17.4 Å². The molecule has 1 heterocycles. The van der Waals surface area contributed by atoms with Gasteiger partial charge >= 0.3 is 0 Å². The van der Waals surface area contributed by atoms with Gasteiger partial charge in [0.1, 0.15) is 11.3 Å². The van der Waals surface area contributed by atoms with Crippen LogP contribution in [0.15, 0.2) is 18.2 Å². The van der Waals surface area contributed by atoms with Crippen molar-refractivity contribution in [2.75, 3.05) is 25.2 Å². The number of fused-ring (bicyclic) bond motifs is 1. The zero-order chi connectivity index (χ0) is 16.8. The number of nitrogens with two attached hydrogens (primary N) is 1. The molecule has 0 aromatic heterocycles. The van der Waals surface area contributed by atoms with Crippen LogP contribution in [0, 0.1) is 5.41 Å². The molecular weight excluding hydrogens is 292 g/mol. The molecule has 1 aliphatic heterocycles. The molecule has 0 saturated heterocycles. The van der Waals surface area contributed by atoms with E-state index in [9.17, 15) is 4.79 Å². The highest BCUT2D eigenvalue weighted by Crippen LogP contribution is 2.51. The van der Waals surface area contributed by atoms with Gasteiger partial charge in [0, 0.05) is 30.7 Å². The standard InChI is InChI=1S/C18H26N2O3/c1-5-23-15-11-18(19,17(15,2)3)16(21)20-9-8-12-10-13(22-4)6-7-14(12)20/h6-7,10,15H,5,8-9,11,19H2,1-4H3. The van der Waals surface area contributed by atoms with E-state index in [1.54, 1.807) is 7.11 Å². The largest absolute Gasteiger partial charge is 0.497 e. The van der Waals surface area contributed by atoms with E-state index in [0.29, 0.717) is 19.6 Å². The van der Waals surface area contributed by atoms with E-state index in [2.05, 4.69) is 0 Å². The fraction of sp³-hybridized carbons (Fsp3) is 0.611. The van der Waals surface area contributed by atoms with Crippen LogP contribution in [0.1, 0.15) is 32.8 Å². The quantitative estimate of drug-likeness (QED) is 0.923. The molecule has 1 fully saturated rings. The third kappa shape index (κ3) is 2.25. The van der Waals surface area contributed by atoms with Crippen LogP contribution in [-0.4, -0.2) is 37.8 Å². The van der Waals surface area contributed by atoms with Crippen LogP contribution in [0.5, 0.6) is 5.75 Å². The normalized spacial score (nSPS) is 28.2. The van der Waals surface area contributed by atoms with Gasteiger partial charge < -0.3 is 20.1 Å². The molecule has 0 radical (unpaired) electrons. The molecule has 5 heteroatoms. The predicted molar refractivity (Wildman–Crippen MR) is 89.8 cm³/mol. The summed E-state index contributed by atoms with van der Waals surface area (Å²) in [4.78, 5) is 15.0. The fourth-order valence-corrected chi connectivity index (χ4v) is 3.76. The fourth-order valence-electron chi connectivity index (χ4n) is 3.76. The summed E-state index contributed by atoms with van der Waals surface area (Å²) in [5, 5.41) is 0. The van der Waals surface area contributed by atoms with Crippen LogP contribution in [0.2, 0.25) is 0 Å². The maximum Gasteiger partial charge on any atom is 0.247 e. The first-order chi connectivity index (χ1) is 10.8. The summed E-state index contributed by atoms with van der Waals surface area (Å²) in [7, 11) is 1.65. The van der Waals surface area contributed by atoms with Crippen molar-refractivity contribution in [1.29, 1.82) is 0 Å². The lowest BCUT2D eigenvalue weighted by molar-refractivity contribution is -0.168. The topological polar surface area (TPSA) is 64.8 Å². The van der Waals surface area contributed by atoms with E-state index < -0.39 is 5.54 Å². The number of hydrogen-bond acceptors (Lipinski definition) is 4.